The second-order valence-corrected chi connectivity index (χ2v) is 8.15. The molecule has 0 aliphatic carbocycles. The molecule has 1 unspecified atom stereocenters. The minimum Gasteiger partial charge on any atom is -0.493 e. The summed E-state index contributed by atoms with van der Waals surface area (Å²) in [5.74, 6) is 1.12. The average molecular weight is 442 g/mol. The molecule has 1 saturated heterocycles. The van der Waals surface area contributed by atoms with Gasteiger partial charge in [0.05, 0.1) is 19.8 Å². The van der Waals surface area contributed by atoms with Crippen LogP contribution in [0.25, 0.3) is 0 Å². The number of nitrogens with zero attached hydrogens (tertiary/aromatic N) is 1. The summed E-state index contributed by atoms with van der Waals surface area (Å²) in [6.07, 6.45) is 5.01. The fraction of sp³-hybridized carbons (Fsp3) is 0.480. The lowest BCUT2D eigenvalue weighted by Gasteiger charge is -2.26. The van der Waals surface area contributed by atoms with E-state index in [0.29, 0.717) is 11.5 Å². The number of aliphatic hydroxyl groups excluding tert-OH is 1. The molecule has 0 bridgehead atoms. The summed E-state index contributed by atoms with van der Waals surface area (Å²) < 4.78 is 10.8. The summed E-state index contributed by atoms with van der Waals surface area (Å²) in [4.78, 5) is 15.0. The Hall–Kier alpha value is -2.77. The van der Waals surface area contributed by atoms with Gasteiger partial charge in [-0.2, -0.15) is 0 Å². The molecule has 0 aromatic heterocycles. The number of nitrogens with one attached hydrogen (secondary N) is 2. The maximum Gasteiger partial charge on any atom is 0.319 e. The smallest absolute Gasteiger partial charge is 0.319 e. The minimum atomic E-state index is -0.266. The molecule has 0 saturated carbocycles. The van der Waals surface area contributed by atoms with E-state index in [1.807, 2.05) is 31.2 Å². The number of ether oxygens (including phenoxy) is 2. The van der Waals surface area contributed by atoms with Crippen molar-refractivity contribution in [3.8, 4) is 11.5 Å². The van der Waals surface area contributed by atoms with Crippen molar-refractivity contribution in [3.05, 3.63) is 53.6 Å². The van der Waals surface area contributed by atoms with Crippen molar-refractivity contribution in [1.82, 2.24) is 10.2 Å². The number of urea groups is 1. The third-order valence-corrected chi connectivity index (χ3v) is 5.76. The molecule has 1 heterocycles. The van der Waals surface area contributed by atoms with Crippen LogP contribution in [0.15, 0.2) is 42.5 Å². The van der Waals surface area contributed by atoms with Crippen molar-refractivity contribution in [2.45, 2.75) is 38.6 Å². The number of hydrogen-bond donors (Lipinski definition) is 3. The van der Waals surface area contributed by atoms with Crippen LogP contribution in [0.1, 0.15) is 43.4 Å². The predicted molar refractivity (Wildman–Crippen MR) is 127 cm³/mol. The third kappa shape index (κ3) is 7.14. The highest BCUT2D eigenvalue weighted by atomic mass is 16.5. The standard InChI is InChI=1S/C25H35N3O4/c1-19(21-8-11-23(32-17-16-29)24(18-21)31-2)26-25(30)27-22-9-6-20(7-10-22)12-15-28-13-4-3-5-14-28/h6-11,18-19,29H,3-5,12-17H2,1-2H3,(H2,26,27,30). The number of aliphatic hydroxyl groups is 1. The molecule has 2 aromatic carbocycles. The van der Waals surface area contributed by atoms with Crippen molar-refractivity contribution in [3.63, 3.8) is 0 Å². The normalized spacial score (nSPS) is 15.1. The van der Waals surface area contributed by atoms with Crippen LogP contribution in [-0.4, -0.2) is 56.0 Å². The molecule has 1 aliphatic rings. The largest absolute Gasteiger partial charge is 0.493 e. The molecule has 2 amide bonds. The van der Waals surface area contributed by atoms with Crippen molar-refractivity contribution in [2.24, 2.45) is 0 Å². The monoisotopic (exact) mass is 441 g/mol. The van der Waals surface area contributed by atoms with E-state index in [0.717, 1.165) is 24.2 Å². The van der Waals surface area contributed by atoms with Crippen LogP contribution >= 0.6 is 0 Å². The second kappa shape index (κ2) is 12.3. The Morgan fingerprint density at radius 3 is 2.53 bits per heavy atom. The lowest BCUT2D eigenvalue weighted by molar-refractivity contribution is 0.196. The molecule has 1 atom stereocenters. The van der Waals surface area contributed by atoms with Crippen LogP contribution in [0.3, 0.4) is 0 Å². The van der Waals surface area contributed by atoms with Crippen LogP contribution < -0.4 is 20.1 Å². The first-order chi connectivity index (χ1) is 15.6. The zero-order chi connectivity index (χ0) is 22.8. The fourth-order valence-corrected chi connectivity index (χ4v) is 3.90. The van der Waals surface area contributed by atoms with E-state index in [1.54, 1.807) is 13.2 Å². The van der Waals surface area contributed by atoms with E-state index in [2.05, 4.69) is 27.7 Å². The van der Waals surface area contributed by atoms with E-state index < -0.39 is 0 Å². The van der Waals surface area contributed by atoms with Gasteiger partial charge in [-0.25, -0.2) is 4.79 Å². The van der Waals surface area contributed by atoms with E-state index >= 15 is 0 Å². The predicted octanol–water partition coefficient (Wildman–Crippen LogP) is 3.98. The topological polar surface area (TPSA) is 83.1 Å². The van der Waals surface area contributed by atoms with Gasteiger partial charge in [0.2, 0.25) is 0 Å². The summed E-state index contributed by atoms with van der Waals surface area (Å²) in [7, 11) is 1.56. The molecule has 32 heavy (non-hydrogen) atoms. The number of rotatable bonds is 10. The number of likely N-dealkylation sites (tertiary alicyclic amines) is 1. The molecule has 1 fully saturated rings. The van der Waals surface area contributed by atoms with Gasteiger partial charge in [0, 0.05) is 12.2 Å². The first-order valence-electron chi connectivity index (χ1n) is 11.4. The van der Waals surface area contributed by atoms with Crippen LogP contribution in [0, 0.1) is 0 Å². The number of hydrogen-bond acceptors (Lipinski definition) is 5. The van der Waals surface area contributed by atoms with Gasteiger partial charge >= 0.3 is 6.03 Å². The molecule has 2 aromatic rings. The Labute approximate surface area is 190 Å². The van der Waals surface area contributed by atoms with Gasteiger partial charge in [-0.05, 0) is 74.7 Å². The summed E-state index contributed by atoms with van der Waals surface area (Å²) in [6.45, 7) is 5.56. The Morgan fingerprint density at radius 1 is 1.09 bits per heavy atom. The number of piperidine rings is 1. The van der Waals surface area contributed by atoms with E-state index in [-0.39, 0.29) is 25.3 Å². The first-order valence-corrected chi connectivity index (χ1v) is 11.4. The molecule has 1 aliphatic heterocycles. The molecule has 3 N–H and O–H groups in total. The molecular weight excluding hydrogens is 406 g/mol. The number of carbonyl (C=O) groups excluding carboxylic acids is 1. The molecule has 3 rings (SSSR count). The SMILES string of the molecule is COc1cc(C(C)NC(=O)Nc2ccc(CCN3CCCCC3)cc2)ccc1OCCO. The van der Waals surface area contributed by atoms with Gasteiger partial charge < -0.3 is 30.1 Å². The number of anilines is 1. The van der Waals surface area contributed by atoms with Crippen molar-refractivity contribution in [2.75, 3.05) is 45.3 Å². The lowest BCUT2D eigenvalue weighted by Crippen LogP contribution is -2.31. The molecule has 174 valence electrons. The minimum absolute atomic E-state index is 0.0670. The Kier molecular flexibility index (Phi) is 9.19. The number of methoxy groups -OCH3 is 1. The van der Waals surface area contributed by atoms with Crippen molar-refractivity contribution < 1.29 is 19.4 Å². The summed E-state index contributed by atoms with van der Waals surface area (Å²) in [5, 5.41) is 14.8. The van der Waals surface area contributed by atoms with Gasteiger partial charge in [0.1, 0.15) is 6.61 Å². The fourth-order valence-electron chi connectivity index (χ4n) is 3.90. The second-order valence-electron chi connectivity index (χ2n) is 8.15. The number of benzene rings is 2. The lowest BCUT2D eigenvalue weighted by atomic mass is 10.1. The van der Waals surface area contributed by atoms with E-state index in [4.69, 9.17) is 14.6 Å². The van der Waals surface area contributed by atoms with Crippen LogP contribution in [0.2, 0.25) is 0 Å². The van der Waals surface area contributed by atoms with E-state index in [9.17, 15) is 4.79 Å². The molecule has 7 heteroatoms. The quantitative estimate of drug-likeness (QED) is 0.520. The third-order valence-electron chi connectivity index (χ3n) is 5.76. The van der Waals surface area contributed by atoms with Gasteiger partial charge in [0.25, 0.3) is 0 Å². The molecule has 7 nitrogen and oxygen atoms in total. The maximum atomic E-state index is 12.5. The molecular formula is C25H35N3O4. The van der Waals surface area contributed by atoms with Gasteiger partial charge in [-0.3, -0.25) is 0 Å². The van der Waals surface area contributed by atoms with E-state index in [1.165, 1.54) is 37.9 Å². The highest BCUT2D eigenvalue weighted by molar-refractivity contribution is 5.89. The van der Waals surface area contributed by atoms with Crippen LogP contribution in [0.4, 0.5) is 10.5 Å². The van der Waals surface area contributed by atoms with Gasteiger partial charge in [-0.15, -0.1) is 0 Å². The summed E-state index contributed by atoms with van der Waals surface area (Å²) in [6, 6.07) is 13.1. The van der Waals surface area contributed by atoms with Gasteiger partial charge in [-0.1, -0.05) is 24.6 Å². The Balaban J connectivity index is 1.49. The summed E-state index contributed by atoms with van der Waals surface area (Å²) in [5.41, 5.74) is 2.94. The molecule has 0 spiro atoms. The average Bonchev–Trinajstić information content (AvgIpc) is 2.82. The summed E-state index contributed by atoms with van der Waals surface area (Å²) >= 11 is 0. The zero-order valence-electron chi connectivity index (χ0n) is 19.1. The highest BCUT2D eigenvalue weighted by Crippen LogP contribution is 2.30. The van der Waals surface area contributed by atoms with Crippen molar-refractivity contribution in [1.29, 1.82) is 0 Å². The van der Waals surface area contributed by atoms with Gasteiger partial charge in [0.15, 0.2) is 11.5 Å². The number of amides is 2. The van der Waals surface area contributed by atoms with Crippen LogP contribution in [-0.2, 0) is 6.42 Å². The zero-order valence-corrected chi connectivity index (χ0v) is 19.1. The molecule has 0 radical (unpaired) electrons. The maximum absolute atomic E-state index is 12.5. The van der Waals surface area contributed by atoms with Crippen LogP contribution in [0.5, 0.6) is 11.5 Å². The van der Waals surface area contributed by atoms with Crippen molar-refractivity contribution >= 4 is 11.7 Å². The Morgan fingerprint density at radius 2 is 1.84 bits per heavy atom. The Bertz CT molecular complexity index is 851. The number of carbonyl (C=O) groups is 1. The first kappa shape index (κ1) is 23.9. The highest BCUT2D eigenvalue weighted by Gasteiger charge is 2.14.